The number of thiazole rings is 1. The molecule has 0 aliphatic heterocycles. The minimum atomic E-state index is -0.504. The molecular weight excluding hydrogens is 358 g/mol. The summed E-state index contributed by atoms with van der Waals surface area (Å²) < 4.78 is 5.27. The summed E-state index contributed by atoms with van der Waals surface area (Å²) in [6, 6.07) is 12.7. The van der Waals surface area contributed by atoms with Gasteiger partial charge in [-0.25, -0.2) is 9.78 Å². The number of nitrogen functional groups attached to an aromatic ring is 1. The largest absolute Gasteiger partial charge is 0.455 e. The van der Waals surface area contributed by atoms with Crippen LogP contribution in [0.25, 0.3) is 0 Å². The molecule has 0 aliphatic rings. The molecule has 0 aliphatic carbocycles. The Bertz CT molecular complexity index is 894. The molecule has 3 aromatic rings. The molecule has 5 nitrogen and oxygen atoms in total. The minimum Gasteiger partial charge on any atom is -0.455 e. The molecule has 7 heteroatoms. The average molecular weight is 374 g/mol. The zero-order valence-electron chi connectivity index (χ0n) is 13.5. The highest BCUT2D eigenvalue weighted by molar-refractivity contribution is 7.13. The molecule has 0 spiro atoms. The molecule has 0 unspecified atom stereocenters. The number of nitrogens with one attached hydrogen (secondary N) is 1. The highest BCUT2D eigenvalue weighted by Gasteiger charge is 2.13. The number of carbonyl (C=O) groups is 1. The number of halogens is 1. The van der Waals surface area contributed by atoms with Crippen LogP contribution in [0.1, 0.15) is 21.6 Å². The number of aryl methyl sites for hydroxylation is 1. The molecule has 3 N–H and O–H groups in total. The Morgan fingerprint density at radius 1 is 1.28 bits per heavy atom. The second-order valence-electron chi connectivity index (χ2n) is 5.44. The van der Waals surface area contributed by atoms with E-state index in [0.717, 1.165) is 10.8 Å². The highest BCUT2D eigenvalue weighted by atomic mass is 35.5. The number of anilines is 3. The van der Waals surface area contributed by atoms with Crippen LogP contribution in [0.2, 0.25) is 5.02 Å². The first-order valence-corrected chi connectivity index (χ1v) is 8.77. The van der Waals surface area contributed by atoms with Crippen LogP contribution in [0, 0.1) is 6.92 Å². The Morgan fingerprint density at radius 3 is 2.76 bits per heavy atom. The summed E-state index contributed by atoms with van der Waals surface area (Å²) >= 11 is 7.27. The van der Waals surface area contributed by atoms with Gasteiger partial charge in [-0.2, -0.15) is 0 Å². The lowest BCUT2D eigenvalue weighted by atomic mass is 10.2. The van der Waals surface area contributed by atoms with E-state index in [9.17, 15) is 4.79 Å². The van der Waals surface area contributed by atoms with Crippen molar-refractivity contribution in [1.29, 1.82) is 0 Å². The quantitative estimate of drug-likeness (QED) is 0.496. The number of nitrogens with zero attached hydrogens (tertiary/aromatic N) is 1. The van der Waals surface area contributed by atoms with E-state index in [4.69, 9.17) is 22.1 Å². The van der Waals surface area contributed by atoms with Crippen LogP contribution >= 0.6 is 22.9 Å². The van der Waals surface area contributed by atoms with Gasteiger partial charge in [0, 0.05) is 21.8 Å². The topological polar surface area (TPSA) is 77.2 Å². The summed E-state index contributed by atoms with van der Waals surface area (Å²) in [5, 5.41) is 6.27. The van der Waals surface area contributed by atoms with Crippen LogP contribution in [-0.4, -0.2) is 11.0 Å². The smallest absolute Gasteiger partial charge is 0.340 e. The van der Waals surface area contributed by atoms with Gasteiger partial charge in [-0.15, -0.1) is 11.3 Å². The summed E-state index contributed by atoms with van der Waals surface area (Å²) in [7, 11) is 0. The van der Waals surface area contributed by atoms with Gasteiger partial charge in [0.05, 0.1) is 11.3 Å². The van der Waals surface area contributed by atoms with Gasteiger partial charge in [-0.3, -0.25) is 0 Å². The molecule has 3 rings (SSSR count). The molecule has 0 saturated heterocycles. The highest BCUT2D eigenvalue weighted by Crippen LogP contribution is 2.23. The number of hydrogen-bond donors (Lipinski definition) is 2. The summed E-state index contributed by atoms with van der Waals surface area (Å²) in [6.07, 6.45) is 0. The van der Waals surface area contributed by atoms with E-state index >= 15 is 0 Å². The molecule has 1 aromatic heterocycles. The minimum absolute atomic E-state index is 0.0764. The molecular formula is C18H16ClN3O2S. The van der Waals surface area contributed by atoms with Gasteiger partial charge in [-0.1, -0.05) is 29.3 Å². The van der Waals surface area contributed by atoms with Crippen molar-refractivity contribution in [2.24, 2.45) is 0 Å². The van der Waals surface area contributed by atoms with Crippen molar-refractivity contribution < 1.29 is 9.53 Å². The van der Waals surface area contributed by atoms with Gasteiger partial charge in [0.2, 0.25) is 0 Å². The van der Waals surface area contributed by atoms with E-state index in [0.29, 0.717) is 10.7 Å². The SMILES string of the molecule is Cc1ccc(Nc2nc(COC(=O)c3ccc(Cl)cc3N)cs2)cc1. The maximum absolute atomic E-state index is 12.1. The van der Waals surface area contributed by atoms with Gasteiger partial charge in [0.1, 0.15) is 6.61 Å². The van der Waals surface area contributed by atoms with E-state index in [1.165, 1.54) is 23.0 Å². The average Bonchev–Trinajstić information content (AvgIpc) is 3.02. The van der Waals surface area contributed by atoms with Gasteiger partial charge in [-0.05, 0) is 37.3 Å². The number of benzene rings is 2. The standard InChI is InChI=1S/C18H16ClN3O2S/c1-11-2-5-13(6-3-11)21-18-22-14(10-25-18)9-24-17(23)15-7-4-12(19)8-16(15)20/h2-8,10H,9,20H2,1H3,(H,21,22). The van der Waals surface area contributed by atoms with Gasteiger partial charge in [0.25, 0.3) is 0 Å². The number of hydrogen-bond acceptors (Lipinski definition) is 6. The lowest BCUT2D eigenvalue weighted by molar-refractivity contribution is 0.0470. The summed E-state index contributed by atoms with van der Waals surface area (Å²) in [6.45, 7) is 2.11. The third kappa shape index (κ3) is 4.49. The first-order valence-electron chi connectivity index (χ1n) is 7.51. The molecule has 0 fully saturated rings. The molecule has 25 heavy (non-hydrogen) atoms. The predicted molar refractivity (Wildman–Crippen MR) is 102 cm³/mol. The maximum atomic E-state index is 12.1. The summed E-state index contributed by atoms with van der Waals surface area (Å²) in [4.78, 5) is 16.5. The lowest BCUT2D eigenvalue weighted by Crippen LogP contribution is -2.08. The van der Waals surface area contributed by atoms with E-state index in [-0.39, 0.29) is 17.9 Å². The van der Waals surface area contributed by atoms with Crippen molar-refractivity contribution in [2.45, 2.75) is 13.5 Å². The molecule has 1 heterocycles. The van der Waals surface area contributed by atoms with Crippen LogP contribution in [0.15, 0.2) is 47.8 Å². The normalized spacial score (nSPS) is 10.5. The fourth-order valence-electron chi connectivity index (χ4n) is 2.13. The molecule has 0 bridgehead atoms. The predicted octanol–water partition coefficient (Wildman–Crippen LogP) is 4.79. The number of carbonyl (C=O) groups excluding carboxylic acids is 1. The van der Waals surface area contributed by atoms with Gasteiger partial charge in [0.15, 0.2) is 5.13 Å². The van der Waals surface area contributed by atoms with Crippen LogP contribution < -0.4 is 11.1 Å². The molecule has 0 atom stereocenters. The molecule has 2 aromatic carbocycles. The number of aromatic nitrogens is 1. The fraction of sp³-hybridized carbons (Fsp3) is 0.111. The van der Waals surface area contributed by atoms with Crippen LogP contribution in [-0.2, 0) is 11.3 Å². The number of ether oxygens (including phenoxy) is 1. The van der Waals surface area contributed by atoms with Crippen LogP contribution in [0.4, 0.5) is 16.5 Å². The van der Waals surface area contributed by atoms with Crippen molar-refractivity contribution in [3.05, 3.63) is 69.7 Å². The Hall–Kier alpha value is -2.57. The summed E-state index contributed by atoms with van der Waals surface area (Å²) in [5.41, 5.74) is 9.18. The van der Waals surface area contributed by atoms with Crippen molar-refractivity contribution in [3.8, 4) is 0 Å². The monoisotopic (exact) mass is 373 g/mol. The summed E-state index contributed by atoms with van der Waals surface area (Å²) in [5.74, 6) is -0.504. The van der Waals surface area contributed by atoms with E-state index in [1.807, 2.05) is 36.6 Å². The van der Waals surface area contributed by atoms with Gasteiger partial charge < -0.3 is 15.8 Å². The second-order valence-corrected chi connectivity index (χ2v) is 6.74. The van der Waals surface area contributed by atoms with E-state index < -0.39 is 5.97 Å². The van der Waals surface area contributed by atoms with Crippen molar-refractivity contribution in [1.82, 2.24) is 4.98 Å². The Morgan fingerprint density at radius 2 is 2.04 bits per heavy atom. The lowest BCUT2D eigenvalue weighted by Gasteiger charge is -2.06. The zero-order valence-corrected chi connectivity index (χ0v) is 15.0. The third-order valence-corrected chi connectivity index (χ3v) is 4.48. The third-order valence-electron chi connectivity index (χ3n) is 3.44. The second kappa shape index (κ2) is 7.55. The van der Waals surface area contributed by atoms with Crippen molar-refractivity contribution >= 4 is 45.4 Å². The van der Waals surface area contributed by atoms with Crippen molar-refractivity contribution in [2.75, 3.05) is 11.1 Å². The van der Waals surface area contributed by atoms with Crippen LogP contribution in [0.3, 0.4) is 0 Å². The maximum Gasteiger partial charge on any atom is 0.340 e. The first kappa shape index (κ1) is 17.3. The van der Waals surface area contributed by atoms with E-state index in [1.54, 1.807) is 12.1 Å². The number of esters is 1. The van der Waals surface area contributed by atoms with Gasteiger partial charge >= 0.3 is 5.97 Å². The Balaban J connectivity index is 1.59. The Kier molecular flexibility index (Phi) is 5.21. The Labute approximate surface area is 154 Å². The van der Waals surface area contributed by atoms with E-state index in [2.05, 4.69) is 10.3 Å². The van der Waals surface area contributed by atoms with Crippen LogP contribution in [0.5, 0.6) is 0 Å². The molecule has 0 amide bonds. The number of rotatable bonds is 5. The molecule has 128 valence electrons. The first-order chi connectivity index (χ1) is 12.0. The molecule has 0 saturated carbocycles. The molecule has 0 radical (unpaired) electrons. The van der Waals surface area contributed by atoms with Crippen molar-refractivity contribution in [3.63, 3.8) is 0 Å². The fourth-order valence-corrected chi connectivity index (χ4v) is 3.02. The number of nitrogens with two attached hydrogens (primary N) is 1. The zero-order chi connectivity index (χ0) is 17.8.